The molecule has 16 heavy (non-hydrogen) atoms. The summed E-state index contributed by atoms with van der Waals surface area (Å²) in [5.74, 6) is 0. The van der Waals surface area contributed by atoms with E-state index in [1.807, 2.05) is 18.2 Å². The molecule has 0 aliphatic heterocycles. The number of hydrogen-bond acceptors (Lipinski definition) is 4. The Morgan fingerprint density at radius 3 is 3.06 bits per heavy atom. The number of fused-ring (bicyclic) bond motifs is 1. The van der Waals surface area contributed by atoms with Crippen LogP contribution in [0.5, 0.6) is 0 Å². The van der Waals surface area contributed by atoms with E-state index >= 15 is 0 Å². The molecule has 1 atom stereocenters. The summed E-state index contributed by atoms with van der Waals surface area (Å²) in [7, 11) is 0. The molecule has 0 saturated carbocycles. The average Bonchev–Trinajstić information content (AvgIpc) is 2.76. The Hall–Kier alpha value is -1.26. The molecule has 0 aromatic carbocycles. The van der Waals surface area contributed by atoms with Gasteiger partial charge < -0.3 is 5.11 Å². The van der Waals surface area contributed by atoms with Crippen LogP contribution in [0.25, 0.3) is 10.7 Å². The summed E-state index contributed by atoms with van der Waals surface area (Å²) in [4.78, 5) is 9.89. The molecule has 3 rings (SSSR count). The Kier molecular flexibility index (Phi) is 2.46. The van der Waals surface area contributed by atoms with Gasteiger partial charge in [-0.2, -0.15) is 0 Å². The van der Waals surface area contributed by atoms with Crippen molar-refractivity contribution < 1.29 is 5.11 Å². The van der Waals surface area contributed by atoms with E-state index in [1.54, 1.807) is 17.5 Å². The van der Waals surface area contributed by atoms with Gasteiger partial charge >= 0.3 is 0 Å². The number of aliphatic hydroxyl groups excluding tert-OH is 1. The molecule has 3 nitrogen and oxygen atoms in total. The maximum atomic E-state index is 9.87. The molecule has 0 amide bonds. The largest absolute Gasteiger partial charge is 0.388 e. The number of aryl methyl sites for hydroxylation is 1. The number of nitrogens with zero attached hydrogens (tertiary/aromatic N) is 2. The van der Waals surface area contributed by atoms with Crippen LogP contribution in [0.4, 0.5) is 0 Å². The third-order valence-electron chi connectivity index (χ3n) is 2.81. The van der Waals surface area contributed by atoms with E-state index in [1.165, 1.54) is 0 Å². The molecule has 82 valence electrons. The summed E-state index contributed by atoms with van der Waals surface area (Å²) in [5.41, 5.74) is 1.96. The van der Waals surface area contributed by atoms with Crippen molar-refractivity contribution in [3.05, 3.63) is 35.0 Å². The summed E-state index contributed by atoms with van der Waals surface area (Å²) in [6.45, 7) is 0. The molecule has 0 spiro atoms. The normalized spacial score (nSPS) is 19.4. The SMILES string of the molecule is OC1CCCc2nc(-c3ccccn3)sc21. The highest BCUT2D eigenvalue weighted by molar-refractivity contribution is 7.15. The summed E-state index contributed by atoms with van der Waals surface area (Å²) in [6.07, 6.45) is 4.32. The lowest BCUT2D eigenvalue weighted by molar-refractivity contribution is 0.160. The molecular weight excluding hydrogens is 220 g/mol. The first kappa shape index (κ1) is 9.93. The van der Waals surface area contributed by atoms with Crippen LogP contribution in [0.3, 0.4) is 0 Å². The first-order valence-electron chi connectivity index (χ1n) is 5.43. The Labute approximate surface area is 97.8 Å². The van der Waals surface area contributed by atoms with Gasteiger partial charge in [0.05, 0.1) is 22.4 Å². The molecule has 0 saturated heterocycles. The molecule has 2 aromatic heterocycles. The van der Waals surface area contributed by atoms with Gasteiger partial charge in [-0.05, 0) is 31.4 Å². The molecule has 1 unspecified atom stereocenters. The van der Waals surface area contributed by atoms with Crippen molar-refractivity contribution in [1.29, 1.82) is 0 Å². The number of thiazole rings is 1. The third kappa shape index (κ3) is 1.64. The molecule has 0 radical (unpaired) electrons. The number of rotatable bonds is 1. The van der Waals surface area contributed by atoms with Gasteiger partial charge in [-0.15, -0.1) is 11.3 Å². The second-order valence-corrected chi connectivity index (χ2v) is 4.98. The molecule has 2 heterocycles. The molecular formula is C12H12N2OS. The predicted octanol–water partition coefficient (Wildman–Crippen LogP) is 2.57. The second kappa shape index (κ2) is 3.96. The van der Waals surface area contributed by atoms with Crippen LogP contribution in [0.2, 0.25) is 0 Å². The fourth-order valence-corrected chi connectivity index (χ4v) is 3.10. The summed E-state index contributed by atoms with van der Waals surface area (Å²) < 4.78 is 0. The highest BCUT2D eigenvalue weighted by atomic mass is 32.1. The molecule has 0 bridgehead atoms. The van der Waals surface area contributed by atoms with Crippen LogP contribution in [0.1, 0.15) is 29.5 Å². The van der Waals surface area contributed by atoms with Crippen molar-refractivity contribution in [2.24, 2.45) is 0 Å². The zero-order valence-electron chi connectivity index (χ0n) is 8.76. The predicted molar refractivity (Wildman–Crippen MR) is 63.2 cm³/mol. The van der Waals surface area contributed by atoms with Crippen molar-refractivity contribution >= 4 is 11.3 Å². The van der Waals surface area contributed by atoms with Gasteiger partial charge in [-0.1, -0.05) is 6.07 Å². The van der Waals surface area contributed by atoms with Crippen molar-refractivity contribution in [2.45, 2.75) is 25.4 Å². The van der Waals surface area contributed by atoms with Crippen LogP contribution >= 0.6 is 11.3 Å². The fourth-order valence-electron chi connectivity index (χ4n) is 2.00. The van der Waals surface area contributed by atoms with Crippen LogP contribution in [-0.2, 0) is 6.42 Å². The zero-order valence-corrected chi connectivity index (χ0v) is 9.57. The van der Waals surface area contributed by atoms with E-state index in [0.29, 0.717) is 0 Å². The van der Waals surface area contributed by atoms with Crippen molar-refractivity contribution in [2.75, 3.05) is 0 Å². The lowest BCUT2D eigenvalue weighted by Crippen LogP contribution is -2.06. The van der Waals surface area contributed by atoms with Gasteiger partial charge in [0.1, 0.15) is 5.01 Å². The van der Waals surface area contributed by atoms with E-state index in [4.69, 9.17) is 0 Å². The van der Waals surface area contributed by atoms with Gasteiger partial charge in [0, 0.05) is 6.20 Å². The quantitative estimate of drug-likeness (QED) is 0.822. The van der Waals surface area contributed by atoms with Crippen LogP contribution < -0.4 is 0 Å². The molecule has 4 heteroatoms. The Morgan fingerprint density at radius 1 is 1.38 bits per heavy atom. The molecule has 1 aliphatic carbocycles. The Morgan fingerprint density at radius 2 is 2.31 bits per heavy atom. The van der Waals surface area contributed by atoms with E-state index in [0.717, 1.165) is 40.5 Å². The van der Waals surface area contributed by atoms with Crippen LogP contribution in [0, 0.1) is 0 Å². The van der Waals surface area contributed by atoms with Gasteiger partial charge in [0.15, 0.2) is 0 Å². The van der Waals surface area contributed by atoms with Crippen LogP contribution in [0.15, 0.2) is 24.4 Å². The molecule has 0 fully saturated rings. The number of aromatic nitrogens is 2. The standard InChI is InChI=1S/C12H12N2OS/c15-10-6-3-5-8-11(10)16-12(14-8)9-4-1-2-7-13-9/h1-2,4,7,10,15H,3,5-6H2. The minimum absolute atomic E-state index is 0.321. The Balaban J connectivity index is 2.05. The smallest absolute Gasteiger partial charge is 0.142 e. The van der Waals surface area contributed by atoms with E-state index in [-0.39, 0.29) is 6.10 Å². The minimum atomic E-state index is -0.321. The summed E-state index contributed by atoms with van der Waals surface area (Å²) >= 11 is 1.57. The van der Waals surface area contributed by atoms with Gasteiger partial charge in [0.2, 0.25) is 0 Å². The maximum Gasteiger partial charge on any atom is 0.142 e. The first-order valence-corrected chi connectivity index (χ1v) is 6.25. The molecule has 2 aromatic rings. The lowest BCUT2D eigenvalue weighted by atomic mass is 10.0. The van der Waals surface area contributed by atoms with E-state index in [2.05, 4.69) is 9.97 Å². The van der Waals surface area contributed by atoms with E-state index < -0.39 is 0 Å². The fraction of sp³-hybridized carbons (Fsp3) is 0.333. The second-order valence-electron chi connectivity index (χ2n) is 3.95. The number of aliphatic hydroxyl groups is 1. The average molecular weight is 232 g/mol. The number of pyridine rings is 1. The van der Waals surface area contributed by atoms with Gasteiger partial charge in [-0.25, -0.2) is 4.98 Å². The number of hydrogen-bond donors (Lipinski definition) is 1. The molecule has 1 N–H and O–H groups in total. The topological polar surface area (TPSA) is 46.0 Å². The Bertz CT molecular complexity index is 495. The monoisotopic (exact) mass is 232 g/mol. The highest BCUT2D eigenvalue weighted by Crippen LogP contribution is 2.36. The summed E-state index contributed by atoms with van der Waals surface area (Å²) in [5, 5.41) is 10.8. The maximum absolute atomic E-state index is 9.87. The first-order chi connectivity index (χ1) is 7.84. The van der Waals surface area contributed by atoms with Gasteiger partial charge in [-0.3, -0.25) is 4.98 Å². The van der Waals surface area contributed by atoms with Crippen LogP contribution in [-0.4, -0.2) is 15.1 Å². The highest BCUT2D eigenvalue weighted by Gasteiger charge is 2.23. The van der Waals surface area contributed by atoms with Crippen molar-refractivity contribution in [3.8, 4) is 10.7 Å². The van der Waals surface area contributed by atoms with Gasteiger partial charge in [0.25, 0.3) is 0 Å². The lowest BCUT2D eigenvalue weighted by Gasteiger charge is -2.14. The van der Waals surface area contributed by atoms with E-state index in [9.17, 15) is 5.11 Å². The minimum Gasteiger partial charge on any atom is -0.388 e. The molecule has 1 aliphatic rings. The van der Waals surface area contributed by atoms with Crippen molar-refractivity contribution in [1.82, 2.24) is 9.97 Å². The zero-order chi connectivity index (χ0) is 11.0. The summed E-state index contributed by atoms with van der Waals surface area (Å²) in [6, 6.07) is 5.81. The van der Waals surface area contributed by atoms with Crippen molar-refractivity contribution in [3.63, 3.8) is 0 Å². The third-order valence-corrected chi connectivity index (χ3v) is 4.03.